The zero-order valence-corrected chi connectivity index (χ0v) is 13.9. The van der Waals surface area contributed by atoms with E-state index in [1.54, 1.807) is 6.07 Å². The lowest BCUT2D eigenvalue weighted by Crippen LogP contribution is -2.31. The molecule has 2 aromatic rings. The van der Waals surface area contributed by atoms with Crippen LogP contribution in [-0.4, -0.2) is 17.4 Å². The molecule has 0 aromatic heterocycles. The standard InChI is InChI=1S/C16H15BrN2O4/c1-11(12-5-7-13(17)8-6-12)18-16(20)10-23-15-4-2-3-14(9-15)19(21)22/h2-9,11H,10H2,1H3,(H,18,20)/t11-/m1/s1. The molecule has 0 heterocycles. The highest BCUT2D eigenvalue weighted by Crippen LogP contribution is 2.19. The Morgan fingerprint density at radius 3 is 2.65 bits per heavy atom. The van der Waals surface area contributed by atoms with E-state index in [1.165, 1.54) is 18.2 Å². The Balaban J connectivity index is 1.88. The number of rotatable bonds is 6. The van der Waals surface area contributed by atoms with Gasteiger partial charge in [-0.25, -0.2) is 0 Å². The first-order valence-electron chi connectivity index (χ1n) is 6.88. The Kier molecular flexibility index (Phi) is 5.70. The molecule has 1 atom stereocenters. The van der Waals surface area contributed by atoms with Crippen LogP contribution >= 0.6 is 15.9 Å². The molecule has 120 valence electrons. The summed E-state index contributed by atoms with van der Waals surface area (Å²) >= 11 is 3.36. The zero-order chi connectivity index (χ0) is 16.8. The van der Waals surface area contributed by atoms with Crippen LogP contribution in [0.3, 0.4) is 0 Å². The van der Waals surface area contributed by atoms with Gasteiger partial charge in [-0.05, 0) is 30.7 Å². The van der Waals surface area contributed by atoms with Crippen molar-refractivity contribution in [2.75, 3.05) is 6.61 Å². The average Bonchev–Trinajstić information content (AvgIpc) is 2.53. The second kappa shape index (κ2) is 7.73. The Labute approximate surface area is 141 Å². The molecule has 1 amide bonds. The predicted octanol–water partition coefficient (Wildman–Crippen LogP) is 3.61. The summed E-state index contributed by atoms with van der Waals surface area (Å²) in [6, 6.07) is 13.2. The number of nitrogens with one attached hydrogen (secondary N) is 1. The summed E-state index contributed by atoms with van der Waals surface area (Å²) in [5.74, 6) is -0.0161. The minimum absolute atomic E-state index is 0.0776. The molecule has 0 aliphatic carbocycles. The third-order valence-electron chi connectivity index (χ3n) is 3.15. The van der Waals surface area contributed by atoms with Crippen molar-refractivity contribution < 1.29 is 14.5 Å². The highest BCUT2D eigenvalue weighted by Gasteiger charge is 2.11. The fourth-order valence-electron chi connectivity index (χ4n) is 1.95. The number of hydrogen-bond acceptors (Lipinski definition) is 4. The van der Waals surface area contributed by atoms with E-state index < -0.39 is 4.92 Å². The molecule has 0 spiro atoms. The predicted molar refractivity (Wildman–Crippen MR) is 89.3 cm³/mol. The Morgan fingerprint density at radius 2 is 2.00 bits per heavy atom. The summed E-state index contributed by atoms with van der Waals surface area (Å²) in [4.78, 5) is 22.1. The van der Waals surface area contributed by atoms with E-state index in [4.69, 9.17) is 4.74 Å². The van der Waals surface area contributed by atoms with Crippen LogP contribution < -0.4 is 10.1 Å². The number of carbonyl (C=O) groups is 1. The van der Waals surface area contributed by atoms with Gasteiger partial charge in [-0.1, -0.05) is 34.1 Å². The van der Waals surface area contributed by atoms with Crippen LogP contribution in [0.5, 0.6) is 5.75 Å². The molecule has 2 aromatic carbocycles. The maximum Gasteiger partial charge on any atom is 0.273 e. The summed E-state index contributed by atoms with van der Waals surface area (Å²) < 4.78 is 6.26. The van der Waals surface area contributed by atoms with Crippen LogP contribution in [0, 0.1) is 10.1 Å². The number of nitro groups is 1. The molecule has 0 aliphatic heterocycles. The van der Waals surface area contributed by atoms with Crippen molar-refractivity contribution in [3.05, 3.63) is 68.7 Å². The number of non-ortho nitro benzene ring substituents is 1. The summed E-state index contributed by atoms with van der Waals surface area (Å²) in [6.45, 7) is 1.66. The van der Waals surface area contributed by atoms with Gasteiger partial charge >= 0.3 is 0 Å². The Morgan fingerprint density at radius 1 is 1.30 bits per heavy atom. The third-order valence-corrected chi connectivity index (χ3v) is 3.67. The van der Waals surface area contributed by atoms with Gasteiger partial charge in [-0.15, -0.1) is 0 Å². The number of amides is 1. The van der Waals surface area contributed by atoms with Crippen LogP contribution in [-0.2, 0) is 4.79 Å². The SMILES string of the molecule is C[C@@H](NC(=O)COc1cccc([N+](=O)[O-])c1)c1ccc(Br)cc1. The van der Waals surface area contributed by atoms with Gasteiger partial charge in [-0.2, -0.15) is 0 Å². The number of nitrogens with zero attached hydrogens (tertiary/aromatic N) is 1. The second-order valence-electron chi connectivity index (χ2n) is 4.88. The van der Waals surface area contributed by atoms with Gasteiger partial charge in [0.05, 0.1) is 17.0 Å². The normalized spacial score (nSPS) is 11.6. The van der Waals surface area contributed by atoms with Gasteiger partial charge in [0, 0.05) is 10.5 Å². The lowest BCUT2D eigenvalue weighted by molar-refractivity contribution is -0.384. The fraction of sp³-hybridized carbons (Fsp3) is 0.188. The van der Waals surface area contributed by atoms with Gasteiger partial charge in [0.2, 0.25) is 0 Å². The van der Waals surface area contributed by atoms with Crippen LogP contribution in [0.1, 0.15) is 18.5 Å². The van der Waals surface area contributed by atoms with E-state index in [0.717, 1.165) is 10.0 Å². The Hall–Kier alpha value is -2.41. The van der Waals surface area contributed by atoms with Gasteiger partial charge in [0.1, 0.15) is 5.75 Å². The first-order valence-corrected chi connectivity index (χ1v) is 7.67. The van der Waals surface area contributed by atoms with E-state index in [-0.39, 0.29) is 30.0 Å². The molecule has 0 bridgehead atoms. The summed E-state index contributed by atoms with van der Waals surface area (Å²) in [5.41, 5.74) is 0.892. The largest absolute Gasteiger partial charge is 0.484 e. The molecule has 7 heteroatoms. The second-order valence-corrected chi connectivity index (χ2v) is 5.80. The summed E-state index contributed by atoms with van der Waals surface area (Å²) in [5, 5.41) is 13.5. The van der Waals surface area contributed by atoms with Crippen molar-refractivity contribution in [2.24, 2.45) is 0 Å². The van der Waals surface area contributed by atoms with E-state index in [1.807, 2.05) is 31.2 Å². The zero-order valence-electron chi connectivity index (χ0n) is 12.4. The molecule has 0 saturated heterocycles. The topological polar surface area (TPSA) is 81.5 Å². The number of benzene rings is 2. The molecule has 0 unspecified atom stereocenters. The molecule has 0 saturated carbocycles. The van der Waals surface area contributed by atoms with Crippen LogP contribution in [0.25, 0.3) is 0 Å². The first-order chi connectivity index (χ1) is 11.0. The van der Waals surface area contributed by atoms with E-state index in [0.29, 0.717) is 0 Å². The highest BCUT2D eigenvalue weighted by atomic mass is 79.9. The quantitative estimate of drug-likeness (QED) is 0.614. The van der Waals surface area contributed by atoms with E-state index >= 15 is 0 Å². The van der Waals surface area contributed by atoms with Crippen molar-refractivity contribution in [1.29, 1.82) is 0 Å². The van der Waals surface area contributed by atoms with Crippen molar-refractivity contribution in [1.82, 2.24) is 5.32 Å². The van der Waals surface area contributed by atoms with Gasteiger partial charge in [0.25, 0.3) is 11.6 Å². The molecule has 2 rings (SSSR count). The van der Waals surface area contributed by atoms with Crippen molar-refractivity contribution in [2.45, 2.75) is 13.0 Å². The number of ether oxygens (including phenoxy) is 1. The van der Waals surface area contributed by atoms with Crippen molar-refractivity contribution >= 4 is 27.5 Å². The minimum atomic E-state index is -0.511. The number of carbonyl (C=O) groups excluding carboxylic acids is 1. The van der Waals surface area contributed by atoms with Crippen LogP contribution in [0.4, 0.5) is 5.69 Å². The van der Waals surface area contributed by atoms with E-state index in [2.05, 4.69) is 21.2 Å². The number of hydrogen-bond donors (Lipinski definition) is 1. The molecule has 23 heavy (non-hydrogen) atoms. The number of nitro benzene ring substituents is 1. The average molecular weight is 379 g/mol. The molecule has 6 nitrogen and oxygen atoms in total. The third kappa shape index (κ3) is 5.07. The lowest BCUT2D eigenvalue weighted by atomic mass is 10.1. The molecule has 0 radical (unpaired) electrons. The maximum atomic E-state index is 11.9. The molecule has 1 N–H and O–H groups in total. The molecular formula is C16H15BrN2O4. The van der Waals surface area contributed by atoms with Gasteiger partial charge in [-0.3, -0.25) is 14.9 Å². The fourth-order valence-corrected chi connectivity index (χ4v) is 2.22. The van der Waals surface area contributed by atoms with Crippen LogP contribution in [0.15, 0.2) is 53.0 Å². The first kappa shape index (κ1) is 17.0. The van der Waals surface area contributed by atoms with Crippen molar-refractivity contribution in [3.8, 4) is 5.75 Å². The summed E-state index contributed by atoms with van der Waals surface area (Å²) in [6.07, 6.45) is 0. The van der Waals surface area contributed by atoms with Gasteiger partial charge < -0.3 is 10.1 Å². The minimum Gasteiger partial charge on any atom is -0.484 e. The smallest absolute Gasteiger partial charge is 0.273 e. The Bertz CT molecular complexity index is 703. The monoisotopic (exact) mass is 378 g/mol. The lowest BCUT2D eigenvalue weighted by Gasteiger charge is -2.14. The molecule has 0 fully saturated rings. The number of halogens is 1. The molecular weight excluding hydrogens is 364 g/mol. The van der Waals surface area contributed by atoms with E-state index in [9.17, 15) is 14.9 Å². The van der Waals surface area contributed by atoms with Gasteiger partial charge in [0.15, 0.2) is 6.61 Å². The maximum absolute atomic E-state index is 11.9. The summed E-state index contributed by atoms with van der Waals surface area (Å²) in [7, 11) is 0. The van der Waals surface area contributed by atoms with Crippen LogP contribution in [0.2, 0.25) is 0 Å². The highest BCUT2D eigenvalue weighted by molar-refractivity contribution is 9.10. The van der Waals surface area contributed by atoms with Crippen molar-refractivity contribution in [3.63, 3.8) is 0 Å². The molecule has 0 aliphatic rings.